The number of ether oxygens (including phenoxy) is 1. The van der Waals surface area contributed by atoms with E-state index in [0.717, 1.165) is 21.5 Å². The van der Waals surface area contributed by atoms with E-state index in [1.54, 1.807) is 11.7 Å². The lowest BCUT2D eigenvalue weighted by Gasteiger charge is -2.11. The number of hydrogen-bond donors (Lipinski definition) is 1. The highest BCUT2D eigenvalue weighted by molar-refractivity contribution is 9.10. The Bertz CT molecular complexity index is 959. The molecular weight excluding hydrogens is 428 g/mol. The zero-order chi connectivity index (χ0) is 19.2. The Morgan fingerprint density at radius 3 is 2.44 bits per heavy atom. The largest absolute Gasteiger partial charge is 0.497 e. The Morgan fingerprint density at radius 2 is 1.81 bits per heavy atom. The summed E-state index contributed by atoms with van der Waals surface area (Å²) in [5.41, 5.74) is 1.72. The summed E-state index contributed by atoms with van der Waals surface area (Å²) in [4.78, 5) is 12.7. The van der Waals surface area contributed by atoms with Gasteiger partial charge >= 0.3 is 0 Å². The van der Waals surface area contributed by atoms with Crippen LogP contribution in [0, 0.1) is 0 Å². The van der Waals surface area contributed by atoms with E-state index < -0.39 is 0 Å². The van der Waals surface area contributed by atoms with Crippen LogP contribution in [-0.4, -0.2) is 21.9 Å². The van der Waals surface area contributed by atoms with Crippen molar-refractivity contribution in [2.24, 2.45) is 0 Å². The third kappa shape index (κ3) is 4.90. The van der Waals surface area contributed by atoms with Crippen LogP contribution in [0.3, 0.4) is 0 Å². The average molecular weight is 447 g/mol. The van der Waals surface area contributed by atoms with Crippen molar-refractivity contribution < 1.29 is 4.74 Å². The normalized spacial score (nSPS) is 10.6. The minimum Gasteiger partial charge on any atom is -0.497 e. The smallest absolute Gasteiger partial charge is 0.297 e. The molecule has 0 saturated heterocycles. The van der Waals surface area contributed by atoms with Crippen LogP contribution < -0.4 is 15.6 Å². The van der Waals surface area contributed by atoms with E-state index in [9.17, 15) is 4.79 Å². The molecule has 8 heteroatoms. The molecule has 0 aliphatic rings. The molecule has 0 radical (unpaired) electrons. The van der Waals surface area contributed by atoms with Crippen molar-refractivity contribution in [3.8, 4) is 5.75 Å². The summed E-state index contributed by atoms with van der Waals surface area (Å²) < 4.78 is 7.76. The van der Waals surface area contributed by atoms with Crippen molar-refractivity contribution >= 4 is 39.2 Å². The van der Waals surface area contributed by atoms with Gasteiger partial charge in [0.1, 0.15) is 5.75 Å². The van der Waals surface area contributed by atoms with Crippen LogP contribution in [0.4, 0.5) is 11.5 Å². The van der Waals surface area contributed by atoms with Gasteiger partial charge in [-0.1, -0.05) is 39.8 Å². The van der Waals surface area contributed by atoms with Crippen LogP contribution in [0.15, 0.2) is 63.0 Å². The maximum Gasteiger partial charge on any atom is 0.297 e. The van der Waals surface area contributed by atoms with Crippen molar-refractivity contribution in [1.82, 2.24) is 14.8 Å². The molecule has 1 heterocycles. The van der Waals surface area contributed by atoms with Crippen molar-refractivity contribution in [2.75, 3.05) is 12.4 Å². The van der Waals surface area contributed by atoms with Crippen LogP contribution in [-0.2, 0) is 12.3 Å². The molecule has 0 bridgehead atoms. The lowest BCUT2D eigenvalue weighted by molar-refractivity contribution is 0.414. The summed E-state index contributed by atoms with van der Waals surface area (Å²) in [5.74, 6) is 1.72. The zero-order valence-corrected chi connectivity index (χ0v) is 17.4. The van der Waals surface area contributed by atoms with Gasteiger partial charge in [-0.3, -0.25) is 9.36 Å². The SMILES string of the molecule is CCn1c(SCc2ccc(OC)cc2)nnc(Nc2ccc(Br)cc2)c1=O. The van der Waals surface area contributed by atoms with Gasteiger partial charge in [-0.15, -0.1) is 10.2 Å². The topological polar surface area (TPSA) is 69.0 Å². The van der Waals surface area contributed by atoms with E-state index in [2.05, 4.69) is 31.4 Å². The first kappa shape index (κ1) is 19.4. The maximum absolute atomic E-state index is 12.7. The number of aromatic nitrogens is 3. The molecule has 2 aromatic carbocycles. The second-order valence-corrected chi connectivity index (χ2v) is 7.51. The highest BCUT2D eigenvalue weighted by atomic mass is 79.9. The van der Waals surface area contributed by atoms with Crippen LogP contribution in [0.25, 0.3) is 0 Å². The molecular formula is C19H19BrN4O2S. The lowest BCUT2D eigenvalue weighted by Crippen LogP contribution is -2.26. The first-order valence-corrected chi connectivity index (χ1v) is 10.1. The fourth-order valence-electron chi connectivity index (χ4n) is 2.41. The van der Waals surface area contributed by atoms with E-state index in [-0.39, 0.29) is 11.4 Å². The first-order valence-electron chi connectivity index (χ1n) is 8.36. The standard InChI is InChI=1S/C19H19BrN4O2S/c1-3-24-18(25)17(21-15-8-6-14(20)7-9-15)22-23-19(24)27-12-13-4-10-16(26-2)11-5-13/h4-11H,3,12H2,1-2H3,(H,21,22). The van der Waals surface area contributed by atoms with Gasteiger partial charge in [-0.05, 0) is 48.9 Å². The van der Waals surface area contributed by atoms with Gasteiger partial charge in [0.05, 0.1) is 7.11 Å². The maximum atomic E-state index is 12.7. The second-order valence-electron chi connectivity index (χ2n) is 5.65. The van der Waals surface area contributed by atoms with Crippen molar-refractivity contribution in [1.29, 1.82) is 0 Å². The molecule has 0 atom stereocenters. The molecule has 3 rings (SSSR count). The number of methoxy groups -OCH3 is 1. The number of hydrogen-bond acceptors (Lipinski definition) is 6. The van der Waals surface area contributed by atoms with E-state index in [0.29, 0.717) is 17.5 Å². The van der Waals surface area contributed by atoms with Gasteiger partial charge in [-0.2, -0.15) is 0 Å². The number of rotatable bonds is 7. The minimum absolute atomic E-state index is 0.187. The highest BCUT2D eigenvalue weighted by Gasteiger charge is 2.12. The molecule has 0 fully saturated rings. The molecule has 0 spiro atoms. The Morgan fingerprint density at radius 1 is 1.11 bits per heavy atom. The summed E-state index contributed by atoms with van der Waals surface area (Å²) in [6.07, 6.45) is 0. The van der Waals surface area contributed by atoms with E-state index in [4.69, 9.17) is 4.74 Å². The Kier molecular flexibility index (Phi) is 6.52. The summed E-state index contributed by atoms with van der Waals surface area (Å²) in [5, 5.41) is 12.0. The molecule has 27 heavy (non-hydrogen) atoms. The molecule has 3 aromatic rings. The summed E-state index contributed by atoms with van der Waals surface area (Å²) in [7, 11) is 1.64. The van der Waals surface area contributed by atoms with Gasteiger partial charge in [-0.25, -0.2) is 0 Å². The number of anilines is 2. The van der Waals surface area contributed by atoms with Gasteiger partial charge in [0.2, 0.25) is 5.82 Å². The molecule has 0 unspecified atom stereocenters. The molecule has 140 valence electrons. The average Bonchev–Trinajstić information content (AvgIpc) is 2.70. The molecule has 0 saturated carbocycles. The molecule has 6 nitrogen and oxygen atoms in total. The summed E-state index contributed by atoms with van der Waals surface area (Å²) in [6.45, 7) is 2.44. The molecule has 1 N–H and O–H groups in total. The summed E-state index contributed by atoms with van der Waals surface area (Å²) >= 11 is 4.87. The molecule has 1 aromatic heterocycles. The van der Waals surface area contributed by atoms with Crippen LogP contribution in [0.2, 0.25) is 0 Å². The fourth-order valence-corrected chi connectivity index (χ4v) is 3.63. The quantitative estimate of drug-likeness (QED) is 0.540. The number of nitrogens with zero attached hydrogens (tertiary/aromatic N) is 3. The van der Waals surface area contributed by atoms with Gasteiger partial charge < -0.3 is 10.1 Å². The predicted octanol–water partition coefficient (Wildman–Crippen LogP) is 4.47. The second kappa shape index (κ2) is 9.05. The highest BCUT2D eigenvalue weighted by Crippen LogP contribution is 2.22. The third-order valence-electron chi connectivity index (χ3n) is 3.86. The molecule has 0 amide bonds. The van der Waals surface area contributed by atoms with Crippen molar-refractivity contribution in [3.63, 3.8) is 0 Å². The summed E-state index contributed by atoms with van der Waals surface area (Å²) in [6, 6.07) is 15.4. The van der Waals surface area contributed by atoms with Crippen LogP contribution >= 0.6 is 27.7 Å². The molecule has 0 aliphatic heterocycles. The predicted molar refractivity (Wildman–Crippen MR) is 112 cm³/mol. The minimum atomic E-state index is -0.187. The van der Waals surface area contributed by atoms with E-state index in [1.165, 1.54) is 11.8 Å². The lowest BCUT2D eigenvalue weighted by atomic mass is 10.2. The Balaban J connectivity index is 1.77. The molecule has 0 aliphatic carbocycles. The van der Waals surface area contributed by atoms with Gasteiger partial charge in [0.25, 0.3) is 5.56 Å². The van der Waals surface area contributed by atoms with Crippen LogP contribution in [0.5, 0.6) is 5.75 Å². The van der Waals surface area contributed by atoms with Crippen molar-refractivity contribution in [2.45, 2.75) is 24.4 Å². The Labute approximate surface area is 170 Å². The fraction of sp³-hybridized carbons (Fsp3) is 0.211. The van der Waals surface area contributed by atoms with E-state index >= 15 is 0 Å². The van der Waals surface area contributed by atoms with Gasteiger partial charge in [0.15, 0.2) is 5.16 Å². The van der Waals surface area contributed by atoms with E-state index in [1.807, 2.05) is 55.5 Å². The number of halogens is 1. The number of nitrogens with one attached hydrogen (secondary N) is 1. The third-order valence-corrected chi connectivity index (χ3v) is 5.43. The number of thioether (sulfide) groups is 1. The first-order chi connectivity index (χ1) is 13.1. The number of benzene rings is 2. The zero-order valence-electron chi connectivity index (χ0n) is 15.0. The Hall–Kier alpha value is -2.32. The van der Waals surface area contributed by atoms with Crippen LogP contribution in [0.1, 0.15) is 12.5 Å². The monoisotopic (exact) mass is 446 g/mol. The van der Waals surface area contributed by atoms with Gasteiger partial charge in [0, 0.05) is 22.5 Å². The van der Waals surface area contributed by atoms with Crippen molar-refractivity contribution in [3.05, 3.63) is 68.9 Å².